The number of aromatic nitrogens is 1. The van der Waals surface area contributed by atoms with Crippen LogP contribution < -0.4 is 10.5 Å². The van der Waals surface area contributed by atoms with Crippen molar-refractivity contribution < 1.29 is 13.5 Å². The highest BCUT2D eigenvalue weighted by Gasteiger charge is 2.13. The highest BCUT2D eigenvalue weighted by atomic mass is 19.1. The van der Waals surface area contributed by atoms with Gasteiger partial charge in [-0.2, -0.15) is 0 Å². The van der Waals surface area contributed by atoms with Crippen LogP contribution in [-0.2, 0) is 6.54 Å². The summed E-state index contributed by atoms with van der Waals surface area (Å²) in [5.41, 5.74) is 6.43. The normalized spacial score (nSPS) is 10.8. The Kier molecular flexibility index (Phi) is 3.50. The Bertz CT molecular complexity index is 782. The molecule has 0 spiro atoms. The van der Waals surface area contributed by atoms with Crippen LogP contribution in [0.4, 0.5) is 8.78 Å². The van der Waals surface area contributed by atoms with Gasteiger partial charge in [0, 0.05) is 24.2 Å². The number of rotatable bonds is 3. The lowest BCUT2D eigenvalue weighted by molar-refractivity contribution is 0.407. The third kappa shape index (κ3) is 2.68. The Hall–Kier alpha value is -2.53. The summed E-state index contributed by atoms with van der Waals surface area (Å²) >= 11 is 0. The summed E-state index contributed by atoms with van der Waals surface area (Å²) < 4.78 is 33.0. The van der Waals surface area contributed by atoms with Crippen molar-refractivity contribution in [3.63, 3.8) is 0 Å². The van der Waals surface area contributed by atoms with Crippen molar-refractivity contribution in [1.29, 1.82) is 0 Å². The Morgan fingerprint density at radius 1 is 1.05 bits per heavy atom. The van der Waals surface area contributed by atoms with E-state index in [1.54, 1.807) is 24.4 Å². The molecule has 0 bridgehead atoms. The second-order valence-electron chi connectivity index (χ2n) is 4.55. The number of hydrogen-bond donors (Lipinski definition) is 1. The molecular weight excluding hydrogens is 274 g/mol. The molecule has 0 fully saturated rings. The van der Waals surface area contributed by atoms with Crippen molar-refractivity contribution in [2.24, 2.45) is 5.73 Å². The molecule has 106 valence electrons. The molecule has 0 radical (unpaired) electrons. The molecule has 1 aromatic heterocycles. The first-order chi connectivity index (χ1) is 10.2. The van der Waals surface area contributed by atoms with Crippen LogP contribution in [0.25, 0.3) is 10.9 Å². The maximum Gasteiger partial charge on any atom is 0.198 e. The maximum absolute atomic E-state index is 13.9. The minimum absolute atomic E-state index is 0.0635. The van der Waals surface area contributed by atoms with Crippen LogP contribution in [-0.4, -0.2) is 4.98 Å². The van der Waals surface area contributed by atoms with Crippen molar-refractivity contribution in [2.75, 3.05) is 0 Å². The molecule has 0 saturated heterocycles. The fourth-order valence-electron chi connectivity index (χ4n) is 2.06. The molecule has 0 amide bonds. The van der Waals surface area contributed by atoms with Crippen molar-refractivity contribution in [3.8, 4) is 11.5 Å². The Morgan fingerprint density at radius 3 is 2.52 bits per heavy atom. The van der Waals surface area contributed by atoms with Gasteiger partial charge in [0.1, 0.15) is 5.75 Å². The quantitative estimate of drug-likeness (QED) is 0.797. The van der Waals surface area contributed by atoms with Gasteiger partial charge in [0.15, 0.2) is 17.4 Å². The molecule has 0 atom stereocenters. The molecule has 0 saturated carbocycles. The first-order valence-corrected chi connectivity index (χ1v) is 6.38. The Morgan fingerprint density at radius 2 is 1.81 bits per heavy atom. The standard InChI is InChI=1S/C16H12F2N2O/c17-13-6-10(9-19)7-14(18)16(13)21-12-4-3-11-2-1-5-20-15(11)8-12/h1-8H,9,19H2. The summed E-state index contributed by atoms with van der Waals surface area (Å²) in [5, 5.41) is 0.921. The van der Waals surface area contributed by atoms with Crippen molar-refractivity contribution in [1.82, 2.24) is 4.98 Å². The van der Waals surface area contributed by atoms with Gasteiger partial charge in [-0.1, -0.05) is 6.07 Å². The number of ether oxygens (including phenoxy) is 1. The molecular formula is C16H12F2N2O. The summed E-state index contributed by atoms with van der Waals surface area (Å²) in [6.45, 7) is 0.0635. The maximum atomic E-state index is 13.9. The molecule has 2 aromatic carbocycles. The SMILES string of the molecule is NCc1cc(F)c(Oc2ccc3cccnc3c2)c(F)c1. The topological polar surface area (TPSA) is 48.1 Å². The second-order valence-corrected chi connectivity index (χ2v) is 4.55. The van der Waals surface area contributed by atoms with E-state index in [1.807, 2.05) is 12.1 Å². The molecule has 3 rings (SSSR count). The summed E-state index contributed by atoms with van der Waals surface area (Å²) in [6.07, 6.45) is 1.64. The van der Waals surface area contributed by atoms with Gasteiger partial charge in [0.2, 0.25) is 0 Å². The summed E-state index contributed by atoms with van der Waals surface area (Å²) in [4.78, 5) is 4.17. The molecule has 5 heteroatoms. The number of fused-ring (bicyclic) bond motifs is 1. The Balaban J connectivity index is 1.98. The number of nitrogens with two attached hydrogens (primary N) is 1. The van der Waals surface area contributed by atoms with Crippen LogP contribution in [0.2, 0.25) is 0 Å². The minimum atomic E-state index is -0.781. The lowest BCUT2D eigenvalue weighted by Gasteiger charge is -2.10. The first kappa shape index (κ1) is 13.5. The van der Waals surface area contributed by atoms with E-state index in [9.17, 15) is 8.78 Å². The fraction of sp³-hybridized carbons (Fsp3) is 0.0625. The van der Waals surface area contributed by atoms with E-state index in [0.717, 1.165) is 17.5 Å². The zero-order valence-electron chi connectivity index (χ0n) is 11.0. The summed E-state index contributed by atoms with van der Waals surface area (Å²) in [6, 6.07) is 11.1. The zero-order valence-corrected chi connectivity index (χ0v) is 11.0. The van der Waals surface area contributed by atoms with Crippen molar-refractivity contribution in [3.05, 3.63) is 65.9 Å². The third-order valence-electron chi connectivity index (χ3n) is 3.09. The molecule has 0 aliphatic carbocycles. The third-order valence-corrected chi connectivity index (χ3v) is 3.09. The largest absolute Gasteiger partial charge is 0.451 e. The van der Waals surface area contributed by atoms with Crippen LogP contribution >= 0.6 is 0 Å². The molecule has 21 heavy (non-hydrogen) atoms. The molecule has 0 aliphatic heterocycles. The van der Waals surface area contributed by atoms with E-state index in [1.165, 1.54) is 0 Å². The van der Waals surface area contributed by atoms with E-state index >= 15 is 0 Å². The summed E-state index contributed by atoms with van der Waals surface area (Å²) in [7, 11) is 0. The predicted molar refractivity (Wildman–Crippen MR) is 76.1 cm³/mol. The lowest BCUT2D eigenvalue weighted by Crippen LogP contribution is -2.00. The molecule has 0 unspecified atom stereocenters. The highest BCUT2D eigenvalue weighted by Crippen LogP contribution is 2.30. The highest BCUT2D eigenvalue weighted by molar-refractivity contribution is 5.79. The molecule has 3 nitrogen and oxygen atoms in total. The van der Waals surface area contributed by atoms with Gasteiger partial charge in [-0.15, -0.1) is 0 Å². The van der Waals surface area contributed by atoms with Gasteiger partial charge >= 0.3 is 0 Å². The van der Waals surface area contributed by atoms with E-state index in [2.05, 4.69) is 4.98 Å². The monoisotopic (exact) mass is 286 g/mol. The minimum Gasteiger partial charge on any atom is -0.451 e. The number of nitrogens with zero attached hydrogens (tertiary/aromatic N) is 1. The van der Waals surface area contributed by atoms with Gasteiger partial charge in [0.25, 0.3) is 0 Å². The first-order valence-electron chi connectivity index (χ1n) is 6.38. The molecule has 1 heterocycles. The van der Waals surface area contributed by atoms with Crippen LogP contribution in [0.5, 0.6) is 11.5 Å². The number of hydrogen-bond acceptors (Lipinski definition) is 3. The average Bonchev–Trinajstić information content (AvgIpc) is 2.50. The van der Waals surface area contributed by atoms with E-state index in [0.29, 0.717) is 16.8 Å². The van der Waals surface area contributed by atoms with Gasteiger partial charge in [-0.05, 0) is 35.9 Å². The van der Waals surface area contributed by atoms with Gasteiger partial charge in [-0.3, -0.25) is 4.98 Å². The zero-order chi connectivity index (χ0) is 14.8. The van der Waals surface area contributed by atoms with E-state index < -0.39 is 17.4 Å². The van der Waals surface area contributed by atoms with Crippen LogP contribution in [0, 0.1) is 11.6 Å². The number of halogens is 2. The molecule has 2 N–H and O–H groups in total. The van der Waals surface area contributed by atoms with Crippen molar-refractivity contribution in [2.45, 2.75) is 6.54 Å². The van der Waals surface area contributed by atoms with Crippen LogP contribution in [0.3, 0.4) is 0 Å². The number of benzene rings is 2. The van der Waals surface area contributed by atoms with E-state index in [-0.39, 0.29) is 6.54 Å². The van der Waals surface area contributed by atoms with Crippen molar-refractivity contribution >= 4 is 10.9 Å². The number of pyridine rings is 1. The van der Waals surface area contributed by atoms with Gasteiger partial charge in [-0.25, -0.2) is 8.78 Å². The van der Waals surface area contributed by atoms with Crippen LogP contribution in [0.15, 0.2) is 48.7 Å². The smallest absolute Gasteiger partial charge is 0.198 e. The average molecular weight is 286 g/mol. The predicted octanol–water partition coefficient (Wildman–Crippen LogP) is 3.76. The van der Waals surface area contributed by atoms with E-state index in [4.69, 9.17) is 10.5 Å². The van der Waals surface area contributed by atoms with Gasteiger partial charge < -0.3 is 10.5 Å². The summed E-state index contributed by atoms with van der Waals surface area (Å²) in [5.74, 6) is -1.69. The second kappa shape index (κ2) is 5.46. The molecule has 0 aliphatic rings. The fourth-order valence-corrected chi connectivity index (χ4v) is 2.06. The Labute approximate surface area is 120 Å². The molecule has 3 aromatic rings. The lowest BCUT2D eigenvalue weighted by atomic mass is 10.2. The van der Waals surface area contributed by atoms with Crippen LogP contribution in [0.1, 0.15) is 5.56 Å². The van der Waals surface area contributed by atoms with Gasteiger partial charge in [0.05, 0.1) is 5.52 Å².